The lowest BCUT2D eigenvalue weighted by Gasteiger charge is -2.44. The molecule has 2 heterocycles. The summed E-state index contributed by atoms with van der Waals surface area (Å²) in [5.41, 5.74) is 1.78. The molecule has 8 heteroatoms. The van der Waals surface area contributed by atoms with Crippen LogP contribution in [-0.2, 0) is 16.1 Å². The number of benzene rings is 1. The molecule has 34 heavy (non-hydrogen) atoms. The predicted molar refractivity (Wildman–Crippen MR) is 129 cm³/mol. The number of hydrogen-bond acceptors (Lipinski definition) is 5. The molecule has 1 aromatic heterocycles. The summed E-state index contributed by atoms with van der Waals surface area (Å²) in [5.74, 6) is -1.15. The zero-order chi connectivity index (χ0) is 24.5. The highest BCUT2D eigenvalue weighted by atomic mass is 16.5. The van der Waals surface area contributed by atoms with Crippen LogP contribution >= 0.6 is 0 Å². The van der Waals surface area contributed by atoms with E-state index in [9.17, 15) is 14.4 Å². The Kier molecular flexibility index (Phi) is 6.77. The zero-order valence-corrected chi connectivity index (χ0v) is 20.5. The molecule has 1 aliphatic heterocycles. The predicted octanol–water partition coefficient (Wildman–Crippen LogP) is 3.93. The van der Waals surface area contributed by atoms with E-state index in [1.54, 1.807) is 18.7 Å². The van der Waals surface area contributed by atoms with E-state index in [4.69, 9.17) is 4.74 Å². The second-order valence-corrected chi connectivity index (χ2v) is 9.66. The van der Waals surface area contributed by atoms with Gasteiger partial charge in [-0.05, 0) is 52.2 Å². The topological polar surface area (TPSA) is 93.5 Å². The van der Waals surface area contributed by atoms with Gasteiger partial charge < -0.3 is 10.1 Å². The number of carbonyl (C=O) groups is 3. The molecule has 0 bridgehead atoms. The van der Waals surface area contributed by atoms with E-state index >= 15 is 0 Å². The second-order valence-electron chi connectivity index (χ2n) is 9.66. The monoisotopic (exact) mass is 466 g/mol. The third kappa shape index (κ3) is 4.45. The number of fused-ring (bicyclic) bond motifs is 1. The maximum Gasteiger partial charge on any atom is 0.358 e. The highest BCUT2D eigenvalue weighted by molar-refractivity contribution is 6.12. The molecule has 1 saturated carbocycles. The van der Waals surface area contributed by atoms with E-state index < -0.39 is 11.5 Å². The van der Waals surface area contributed by atoms with Crippen molar-refractivity contribution < 1.29 is 19.1 Å². The maximum atomic E-state index is 13.8. The Balaban J connectivity index is 1.76. The molecule has 0 spiro atoms. The number of nitrogens with zero attached hydrogens (tertiary/aromatic N) is 3. The van der Waals surface area contributed by atoms with Gasteiger partial charge in [0.05, 0.1) is 13.2 Å². The van der Waals surface area contributed by atoms with Crippen LogP contribution in [0.2, 0.25) is 0 Å². The number of rotatable bonds is 5. The number of anilines is 1. The van der Waals surface area contributed by atoms with Gasteiger partial charge in [-0.3, -0.25) is 19.2 Å². The minimum absolute atomic E-state index is 0.0687. The fraction of sp³-hybridized carbons (Fsp3) is 0.538. The van der Waals surface area contributed by atoms with Crippen LogP contribution in [0.5, 0.6) is 0 Å². The Morgan fingerprint density at radius 2 is 1.85 bits per heavy atom. The van der Waals surface area contributed by atoms with E-state index in [1.165, 1.54) is 23.6 Å². The third-order valence-electron chi connectivity index (χ3n) is 6.91. The number of hydrogen-bond donors (Lipinski definition) is 1. The first-order valence-corrected chi connectivity index (χ1v) is 12.2. The number of ether oxygens (including phenoxy) is 1. The van der Waals surface area contributed by atoms with E-state index in [-0.39, 0.29) is 42.4 Å². The van der Waals surface area contributed by atoms with Crippen LogP contribution in [0.15, 0.2) is 24.3 Å². The minimum atomic E-state index is -1.21. The molecule has 182 valence electrons. The standard InChI is InChI=1S/C26H34N4O4/c1-5-34-24(32)20-15-22-23(31)30(21-13-12-17(2)14-18(21)3)26(4,16-29(22)28-20)25(33)27-19-10-8-6-7-9-11-19/h12-15,19H,5-11,16H2,1-4H3,(H,27,33)/t26-/m1/s1. The van der Waals surface area contributed by atoms with Gasteiger partial charge in [-0.1, -0.05) is 43.4 Å². The highest BCUT2D eigenvalue weighted by Crippen LogP contribution is 2.35. The normalized spacial score (nSPS) is 21.1. The van der Waals surface area contributed by atoms with Crippen LogP contribution in [-0.4, -0.2) is 45.8 Å². The molecule has 0 saturated heterocycles. The second kappa shape index (κ2) is 9.60. The van der Waals surface area contributed by atoms with Gasteiger partial charge in [-0.2, -0.15) is 5.10 Å². The average molecular weight is 467 g/mol. The first-order valence-electron chi connectivity index (χ1n) is 12.2. The number of esters is 1. The van der Waals surface area contributed by atoms with Gasteiger partial charge in [0.1, 0.15) is 11.2 Å². The van der Waals surface area contributed by atoms with Gasteiger partial charge in [0.15, 0.2) is 5.69 Å². The molecule has 0 radical (unpaired) electrons. The van der Waals surface area contributed by atoms with Crippen LogP contribution in [0, 0.1) is 13.8 Å². The first-order chi connectivity index (χ1) is 16.2. The van der Waals surface area contributed by atoms with Crippen molar-refractivity contribution in [3.63, 3.8) is 0 Å². The van der Waals surface area contributed by atoms with Crippen LogP contribution in [0.4, 0.5) is 5.69 Å². The highest BCUT2D eigenvalue weighted by Gasteiger charge is 2.49. The van der Waals surface area contributed by atoms with Crippen LogP contribution in [0.1, 0.15) is 84.5 Å². The molecular weight excluding hydrogens is 432 g/mol. The lowest BCUT2D eigenvalue weighted by atomic mass is 9.92. The van der Waals surface area contributed by atoms with Crippen molar-refractivity contribution in [3.05, 3.63) is 46.8 Å². The lowest BCUT2D eigenvalue weighted by Crippen LogP contribution is -2.65. The summed E-state index contributed by atoms with van der Waals surface area (Å²) in [4.78, 5) is 41.6. The minimum Gasteiger partial charge on any atom is -0.461 e. The van der Waals surface area contributed by atoms with Crippen molar-refractivity contribution in [2.24, 2.45) is 0 Å². The summed E-state index contributed by atoms with van der Waals surface area (Å²) in [5, 5.41) is 7.57. The summed E-state index contributed by atoms with van der Waals surface area (Å²) < 4.78 is 6.55. The maximum absolute atomic E-state index is 13.8. The van der Waals surface area contributed by atoms with Gasteiger partial charge in [0.2, 0.25) is 5.91 Å². The Bertz CT molecular complexity index is 1100. The smallest absolute Gasteiger partial charge is 0.358 e. The van der Waals surface area contributed by atoms with E-state index in [0.717, 1.165) is 36.8 Å². The van der Waals surface area contributed by atoms with Crippen LogP contribution in [0.25, 0.3) is 0 Å². The number of aryl methyl sites for hydroxylation is 2. The molecule has 1 atom stereocenters. The first kappa shape index (κ1) is 24.0. The van der Waals surface area contributed by atoms with Gasteiger partial charge in [-0.15, -0.1) is 0 Å². The van der Waals surface area contributed by atoms with E-state index in [1.807, 2.05) is 32.0 Å². The van der Waals surface area contributed by atoms with Crippen molar-refractivity contribution in [1.29, 1.82) is 0 Å². The molecule has 0 unspecified atom stereocenters. The fourth-order valence-corrected chi connectivity index (χ4v) is 5.08. The van der Waals surface area contributed by atoms with Crippen molar-refractivity contribution in [3.8, 4) is 0 Å². The van der Waals surface area contributed by atoms with Gasteiger partial charge in [-0.25, -0.2) is 4.79 Å². The van der Waals surface area contributed by atoms with Gasteiger partial charge >= 0.3 is 5.97 Å². The van der Waals surface area contributed by atoms with Crippen molar-refractivity contribution >= 4 is 23.5 Å². The molecule has 2 amide bonds. The zero-order valence-electron chi connectivity index (χ0n) is 20.5. The van der Waals surface area contributed by atoms with Crippen molar-refractivity contribution in [2.45, 2.75) is 84.3 Å². The number of nitrogens with one attached hydrogen (secondary N) is 1. The quantitative estimate of drug-likeness (QED) is 0.532. The lowest BCUT2D eigenvalue weighted by molar-refractivity contribution is -0.127. The summed E-state index contributed by atoms with van der Waals surface area (Å²) in [7, 11) is 0. The number of carbonyl (C=O) groups excluding carboxylic acids is 3. The third-order valence-corrected chi connectivity index (χ3v) is 6.91. The Hall–Kier alpha value is -3.16. The Morgan fingerprint density at radius 3 is 2.50 bits per heavy atom. The van der Waals surface area contributed by atoms with E-state index in [2.05, 4.69) is 10.4 Å². The molecule has 1 fully saturated rings. The number of amides is 2. The largest absolute Gasteiger partial charge is 0.461 e. The SMILES string of the molecule is CCOC(=O)c1cc2n(n1)C[C@](C)(C(=O)NC1CCCCCC1)N(c1ccc(C)cc1C)C2=O. The Labute approximate surface area is 200 Å². The summed E-state index contributed by atoms with van der Waals surface area (Å²) in [6.45, 7) is 7.79. The van der Waals surface area contributed by atoms with Crippen molar-refractivity contribution in [2.75, 3.05) is 11.5 Å². The summed E-state index contributed by atoms with van der Waals surface area (Å²) in [6.07, 6.45) is 6.44. The Morgan fingerprint density at radius 1 is 1.15 bits per heavy atom. The molecule has 1 aromatic carbocycles. The van der Waals surface area contributed by atoms with Gasteiger partial charge in [0.25, 0.3) is 5.91 Å². The molecule has 8 nitrogen and oxygen atoms in total. The summed E-state index contributed by atoms with van der Waals surface area (Å²) in [6, 6.07) is 7.38. The van der Waals surface area contributed by atoms with Crippen LogP contribution in [0.3, 0.4) is 0 Å². The summed E-state index contributed by atoms with van der Waals surface area (Å²) >= 11 is 0. The average Bonchev–Trinajstić information content (AvgIpc) is 3.04. The molecule has 2 aromatic rings. The van der Waals surface area contributed by atoms with Gasteiger partial charge in [0, 0.05) is 17.8 Å². The molecule has 1 aliphatic carbocycles. The molecule has 2 aliphatic rings. The molecular formula is C26H34N4O4. The van der Waals surface area contributed by atoms with Crippen molar-refractivity contribution in [1.82, 2.24) is 15.1 Å². The molecule has 4 rings (SSSR count). The number of aromatic nitrogens is 2. The van der Waals surface area contributed by atoms with E-state index in [0.29, 0.717) is 5.69 Å². The fourth-order valence-electron chi connectivity index (χ4n) is 5.08. The molecule has 1 N–H and O–H groups in total. The van der Waals surface area contributed by atoms with Crippen LogP contribution < -0.4 is 10.2 Å².